The highest BCUT2D eigenvalue weighted by Crippen LogP contribution is 2.05. The van der Waals surface area contributed by atoms with Crippen LogP contribution in [0.25, 0.3) is 0 Å². The maximum absolute atomic E-state index is 11.9. The Hall–Kier alpha value is -0.320. The number of hydrogen-bond acceptors (Lipinski definition) is 3. The molecule has 0 bridgehead atoms. The molecule has 0 aliphatic heterocycles. The average Bonchev–Trinajstić information content (AvgIpc) is 2.27. The van der Waals surface area contributed by atoms with Gasteiger partial charge in [0.25, 0.3) is 0 Å². The molecule has 1 unspecified atom stereocenters. The van der Waals surface area contributed by atoms with Gasteiger partial charge >= 0.3 is 0 Å². The molecule has 1 atom stereocenters. The Labute approximate surface area is 103 Å². The highest BCUT2D eigenvalue weighted by molar-refractivity contribution is 6.17. The highest BCUT2D eigenvalue weighted by atomic mass is 35.5. The molecule has 96 valence electrons. The van der Waals surface area contributed by atoms with E-state index in [4.69, 9.17) is 21.1 Å². The van der Waals surface area contributed by atoms with Crippen LogP contribution in [0, 0.1) is 0 Å². The quantitative estimate of drug-likeness (QED) is 0.583. The maximum atomic E-state index is 11.9. The maximum Gasteiger partial charge on any atom is 0.223 e. The van der Waals surface area contributed by atoms with E-state index in [1.165, 1.54) is 0 Å². The molecule has 0 spiro atoms. The molecule has 0 fully saturated rings. The number of nitrogens with zero attached hydrogens (tertiary/aromatic N) is 1. The molecule has 0 aliphatic rings. The molecule has 0 aromatic carbocycles. The first-order valence-corrected chi connectivity index (χ1v) is 6.04. The van der Waals surface area contributed by atoms with Gasteiger partial charge in [0.2, 0.25) is 5.91 Å². The van der Waals surface area contributed by atoms with E-state index in [1.807, 2.05) is 6.92 Å². The van der Waals surface area contributed by atoms with Crippen LogP contribution in [0.1, 0.15) is 19.8 Å². The van der Waals surface area contributed by atoms with E-state index in [-0.39, 0.29) is 11.9 Å². The zero-order valence-electron chi connectivity index (χ0n) is 10.4. The average molecular weight is 252 g/mol. The number of hydrogen-bond donors (Lipinski definition) is 0. The summed E-state index contributed by atoms with van der Waals surface area (Å²) in [6.07, 6.45) is 1.20. The smallest absolute Gasteiger partial charge is 0.223 e. The lowest BCUT2D eigenvalue weighted by molar-refractivity contribution is -0.135. The van der Waals surface area contributed by atoms with E-state index >= 15 is 0 Å². The Morgan fingerprint density at radius 1 is 1.38 bits per heavy atom. The predicted octanol–water partition coefficient (Wildman–Crippen LogP) is 1.52. The molecular formula is C11H22ClNO3. The Morgan fingerprint density at radius 2 is 2.06 bits per heavy atom. The lowest BCUT2D eigenvalue weighted by Gasteiger charge is -2.28. The van der Waals surface area contributed by atoms with E-state index in [0.29, 0.717) is 38.5 Å². The summed E-state index contributed by atoms with van der Waals surface area (Å²) in [5, 5.41) is 0. The molecule has 0 aromatic rings. The third-order valence-corrected chi connectivity index (χ3v) is 2.59. The van der Waals surface area contributed by atoms with Crippen molar-refractivity contribution in [2.75, 3.05) is 39.9 Å². The van der Waals surface area contributed by atoms with Gasteiger partial charge in [-0.1, -0.05) is 0 Å². The Kier molecular flexibility index (Phi) is 9.68. The molecule has 0 rings (SSSR count). The molecule has 1 amide bonds. The number of halogens is 1. The summed E-state index contributed by atoms with van der Waals surface area (Å²) in [4.78, 5) is 13.7. The normalized spacial score (nSPS) is 12.5. The van der Waals surface area contributed by atoms with Crippen LogP contribution in [0.4, 0.5) is 0 Å². The van der Waals surface area contributed by atoms with Gasteiger partial charge in [0.05, 0.1) is 19.3 Å². The van der Waals surface area contributed by atoms with Crippen LogP contribution in [-0.2, 0) is 14.3 Å². The van der Waals surface area contributed by atoms with E-state index < -0.39 is 0 Å². The van der Waals surface area contributed by atoms with Gasteiger partial charge in [-0.05, 0) is 13.3 Å². The van der Waals surface area contributed by atoms with Crippen molar-refractivity contribution < 1.29 is 14.3 Å². The van der Waals surface area contributed by atoms with E-state index in [0.717, 1.165) is 0 Å². The Bertz CT molecular complexity index is 190. The summed E-state index contributed by atoms with van der Waals surface area (Å²) in [6, 6.07) is 0.0722. The van der Waals surface area contributed by atoms with Crippen LogP contribution in [0.5, 0.6) is 0 Å². The molecular weight excluding hydrogens is 230 g/mol. The zero-order chi connectivity index (χ0) is 12.4. The van der Waals surface area contributed by atoms with Gasteiger partial charge < -0.3 is 14.4 Å². The van der Waals surface area contributed by atoms with Crippen molar-refractivity contribution in [3.05, 3.63) is 0 Å². The van der Waals surface area contributed by atoms with Crippen molar-refractivity contribution in [3.63, 3.8) is 0 Å². The minimum atomic E-state index is 0.0722. The number of carbonyl (C=O) groups is 1. The SMILES string of the molecule is COCCN(C(=O)CCCCl)C(C)COC. The van der Waals surface area contributed by atoms with Crippen LogP contribution in [0.3, 0.4) is 0 Å². The van der Waals surface area contributed by atoms with Crippen molar-refractivity contribution in [1.29, 1.82) is 0 Å². The fourth-order valence-electron chi connectivity index (χ4n) is 1.47. The molecule has 0 aromatic heterocycles. The van der Waals surface area contributed by atoms with Gasteiger partial charge in [0, 0.05) is 33.1 Å². The summed E-state index contributed by atoms with van der Waals surface area (Å²) in [6.45, 7) is 3.65. The summed E-state index contributed by atoms with van der Waals surface area (Å²) in [5.74, 6) is 0.630. The largest absolute Gasteiger partial charge is 0.383 e. The second kappa shape index (κ2) is 9.87. The van der Waals surface area contributed by atoms with Gasteiger partial charge in [0.15, 0.2) is 0 Å². The number of methoxy groups -OCH3 is 2. The zero-order valence-corrected chi connectivity index (χ0v) is 11.1. The molecule has 0 saturated heterocycles. The van der Waals surface area contributed by atoms with Crippen molar-refractivity contribution in [1.82, 2.24) is 4.90 Å². The monoisotopic (exact) mass is 251 g/mol. The first-order chi connectivity index (χ1) is 7.67. The molecule has 0 radical (unpaired) electrons. The summed E-state index contributed by atoms with van der Waals surface area (Å²) in [5.41, 5.74) is 0. The van der Waals surface area contributed by atoms with Gasteiger partial charge in [-0.15, -0.1) is 11.6 Å². The highest BCUT2D eigenvalue weighted by Gasteiger charge is 2.18. The van der Waals surface area contributed by atoms with Crippen molar-refractivity contribution in [2.45, 2.75) is 25.8 Å². The number of amides is 1. The van der Waals surface area contributed by atoms with Crippen LogP contribution < -0.4 is 0 Å². The summed E-state index contributed by atoms with van der Waals surface area (Å²) < 4.78 is 10.1. The Morgan fingerprint density at radius 3 is 2.56 bits per heavy atom. The fourth-order valence-corrected chi connectivity index (χ4v) is 1.61. The van der Waals surface area contributed by atoms with Crippen molar-refractivity contribution >= 4 is 17.5 Å². The molecule has 5 heteroatoms. The molecule has 0 N–H and O–H groups in total. The molecule has 0 heterocycles. The summed E-state index contributed by atoms with van der Waals surface area (Å²) in [7, 11) is 3.26. The number of alkyl halides is 1. The van der Waals surface area contributed by atoms with E-state index in [1.54, 1.807) is 19.1 Å². The van der Waals surface area contributed by atoms with Gasteiger partial charge in [-0.3, -0.25) is 4.79 Å². The minimum Gasteiger partial charge on any atom is -0.383 e. The molecule has 0 aliphatic carbocycles. The lowest BCUT2D eigenvalue weighted by atomic mass is 10.2. The lowest BCUT2D eigenvalue weighted by Crippen LogP contribution is -2.42. The second-order valence-corrected chi connectivity index (χ2v) is 4.05. The number of carbonyl (C=O) groups excluding carboxylic acids is 1. The standard InChI is InChI=1S/C11H22ClNO3/c1-10(9-16-3)13(7-8-15-2)11(14)5-4-6-12/h10H,4-9H2,1-3H3. The van der Waals surface area contributed by atoms with Crippen molar-refractivity contribution in [3.8, 4) is 0 Å². The third-order valence-electron chi connectivity index (χ3n) is 2.32. The molecule has 0 saturated carbocycles. The van der Waals surface area contributed by atoms with Crippen LogP contribution in [0.2, 0.25) is 0 Å². The minimum absolute atomic E-state index is 0.0722. The topological polar surface area (TPSA) is 38.8 Å². The third kappa shape index (κ3) is 6.30. The molecule has 16 heavy (non-hydrogen) atoms. The summed E-state index contributed by atoms with van der Waals surface area (Å²) >= 11 is 5.58. The van der Waals surface area contributed by atoms with Crippen molar-refractivity contribution in [2.24, 2.45) is 0 Å². The number of rotatable bonds is 9. The number of ether oxygens (including phenoxy) is 2. The van der Waals surface area contributed by atoms with Gasteiger partial charge in [-0.2, -0.15) is 0 Å². The second-order valence-electron chi connectivity index (χ2n) is 3.68. The first-order valence-electron chi connectivity index (χ1n) is 5.50. The Balaban J connectivity index is 4.21. The van der Waals surface area contributed by atoms with Crippen LogP contribution in [-0.4, -0.2) is 56.7 Å². The van der Waals surface area contributed by atoms with Crippen LogP contribution >= 0.6 is 11.6 Å². The van der Waals surface area contributed by atoms with Gasteiger partial charge in [-0.25, -0.2) is 0 Å². The predicted molar refractivity (Wildman–Crippen MR) is 64.9 cm³/mol. The van der Waals surface area contributed by atoms with Crippen LogP contribution in [0.15, 0.2) is 0 Å². The fraction of sp³-hybridized carbons (Fsp3) is 0.909. The van der Waals surface area contributed by atoms with Gasteiger partial charge in [0.1, 0.15) is 0 Å². The van der Waals surface area contributed by atoms with E-state index in [9.17, 15) is 4.79 Å². The first kappa shape index (κ1) is 15.7. The van der Waals surface area contributed by atoms with E-state index in [2.05, 4.69) is 0 Å². The molecule has 4 nitrogen and oxygen atoms in total.